The van der Waals surface area contributed by atoms with E-state index in [9.17, 15) is 15.0 Å². The summed E-state index contributed by atoms with van der Waals surface area (Å²) in [4.78, 5) is 13.9. The van der Waals surface area contributed by atoms with Crippen LogP contribution >= 0.6 is 11.6 Å². The van der Waals surface area contributed by atoms with Crippen molar-refractivity contribution < 1.29 is 15.0 Å². The van der Waals surface area contributed by atoms with E-state index in [1.165, 1.54) is 12.1 Å². The fourth-order valence-corrected chi connectivity index (χ4v) is 2.55. The lowest BCUT2D eigenvalue weighted by atomic mass is 10.0. The number of aliphatic hydroxyl groups excluding tert-OH is 1. The topological polar surface area (TPSA) is 60.8 Å². The molecular weight excluding hydrogens is 254 g/mol. The van der Waals surface area contributed by atoms with Crippen LogP contribution in [-0.2, 0) is 0 Å². The number of phenols is 1. The lowest BCUT2D eigenvalue weighted by Crippen LogP contribution is -2.39. The second kappa shape index (κ2) is 5.16. The fourth-order valence-electron chi connectivity index (χ4n) is 2.38. The smallest absolute Gasteiger partial charge is 0.257 e. The number of rotatable bonds is 2. The first kappa shape index (κ1) is 13.2. The average Bonchev–Trinajstić information content (AvgIpc) is 2.69. The molecule has 1 aromatic carbocycles. The zero-order chi connectivity index (χ0) is 13.3. The van der Waals surface area contributed by atoms with Crippen molar-refractivity contribution in [1.29, 1.82) is 0 Å². The molecule has 0 aromatic heterocycles. The van der Waals surface area contributed by atoms with E-state index in [4.69, 9.17) is 11.6 Å². The molecular formula is C13H16ClNO3. The van der Waals surface area contributed by atoms with Gasteiger partial charge < -0.3 is 15.1 Å². The Hall–Kier alpha value is -1.26. The molecule has 1 fully saturated rings. The van der Waals surface area contributed by atoms with Crippen LogP contribution in [0.4, 0.5) is 0 Å². The minimum atomic E-state index is -0.257. The molecule has 5 heteroatoms. The Bertz CT molecular complexity index is 464. The number of carbonyl (C=O) groups excluding carboxylic acids is 1. The monoisotopic (exact) mass is 269 g/mol. The van der Waals surface area contributed by atoms with Crippen molar-refractivity contribution in [2.24, 2.45) is 5.92 Å². The maximum Gasteiger partial charge on any atom is 0.257 e. The lowest BCUT2D eigenvalue weighted by molar-refractivity contribution is 0.0645. The molecule has 2 rings (SSSR count). The number of carbonyl (C=O) groups is 1. The van der Waals surface area contributed by atoms with E-state index in [2.05, 4.69) is 0 Å². The highest BCUT2D eigenvalue weighted by Crippen LogP contribution is 2.29. The van der Waals surface area contributed by atoms with Crippen LogP contribution < -0.4 is 0 Å². The first-order chi connectivity index (χ1) is 8.54. The van der Waals surface area contributed by atoms with Gasteiger partial charge in [0.05, 0.1) is 18.2 Å². The van der Waals surface area contributed by atoms with Crippen molar-refractivity contribution in [2.45, 2.75) is 19.4 Å². The molecule has 1 saturated heterocycles. The van der Waals surface area contributed by atoms with Gasteiger partial charge in [0.2, 0.25) is 0 Å². The molecule has 2 N–H and O–H groups in total. The normalized spacial score (nSPS) is 23.4. The third-order valence-corrected chi connectivity index (χ3v) is 3.76. The molecule has 98 valence electrons. The van der Waals surface area contributed by atoms with Crippen molar-refractivity contribution in [1.82, 2.24) is 4.90 Å². The van der Waals surface area contributed by atoms with E-state index >= 15 is 0 Å². The van der Waals surface area contributed by atoms with E-state index < -0.39 is 0 Å². The molecule has 2 unspecified atom stereocenters. The average molecular weight is 270 g/mol. The zero-order valence-electron chi connectivity index (χ0n) is 10.1. The van der Waals surface area contributed by atoms with Gasteiger partial charge in [-0.05, 0) is 30.5 Å². The summed E-state index contributed by atoms with van der Waals surface area (Å²) in [6.45, 7) is 2.56. The first-order valence-electron chi connectivity index (χ1n) is 5.95. The Labute approximate surface area is 111 Å². The van der Waals surface area contributed by atoms with Gasteiger partial charge >= 0.3 is 0 Å². The Morgan fingerprint density at radius 2 is 2.28 bits per heavy atom. The first-order valence-corrected chi connectivity index (χ1v) is 6.32. The Balaban J connectivity index is 2.26. The predicted octanol–water partition coefficient (Wildman–Crippen LogP) is 1.89. The maximum atomic E-state index is 12.3. The molecule has 18 heavy (non-hydrogen) atoms. The largest absolute Gasteiger partial charge is 0.507 e. The molecule has 1 aliphatic heterocycles. The van der Waals surface area contributed by atoms with Gasteiger partial charge in [-0.15, -0.1) is 0 Å². The van der Waals surface area contributed by atoms with Gasteiger partial charge in [0.15, 0.2) is 0 Å². The minimum Gasteiger partial charge on any atom is -0.507 e. The molecule has 2 atom stereocenters. The van der Waals surface area contributed by atoms with Gasteiger partial charge in [0.25, 0.3) is 5.91 Å². The van der Waals surface area contributed by atoms with Crippen LogP contribution in [0.1, 0.15) is 23.7 Å². The third-order valence-electron chi connectivity index (χ3n) is 3.52. The summed E-state index contributed by atoms with van der Waals surface area (Å²) in [5.74, 6) is -0.107. The van der Waals surface area contributed by atoms with E-state index in [0.29, 0.717) is 11.6 Å². The van der Waals surface area contributed by atoms with E-state index in [0.717, 1.165) is 6.42 Å². The molecule has 1 aliphatic rings. The number of amides is 1. The molecule has 0 aliphatic carbocycles. The molecule has 1 amide bonds. The Morgan fingerprint density at radius 1 is 1.56 bits per heavy atom. The molecule has 1 aromatic rings. The summed E-state index contributed by atoms with van der Waals surface area (Å²) in [6, 6.07) is 4.26. The van der Waals surface area contributed by atoms with Gasteiger partial charge in [-0.2, -0.15) is 0 Å². The Kier molecular flexibility index (Phi) is 3.78. The number of halogens is 1. The van der Waals surface area contributed by atoms with Gasteiger partial charge in [-0.1, -0.05) is 18.5 Å². The molecule has 0 bridgehead atoms. The highest BCUT2D eigenvalue weighted by molar-refractivity contribution is 6.30. The minimum absolute atomic E-state index is 0.0543. The number of phenolic OH excluding ortho intramolecular Hbond substituents is 1. The number of aliphatic hydroxyl groups is 1. The van der Waals surface area contributed by atoms with Gasteiger partial charge in [-0.25, -0.2) is 0 Å². The summed E-state index contributed by atoms with van der Waals surface area (Å²) in [6.07, 6.45) is 0.866. The van der Waals surface area contributed by atoms with Crippen molar-refractivity contribution in [3.63, 3.8) is 0 Å². The third kappa shape index (κ3) is 2.31. The number of benzene rings is 1. The summed E-state index contributed by atoms with van der Waals surface area (Å²) in [7, 11) is 0. The van der Waals surface area contributed by atoms with Crippen molar-refractivity contribution in [3.05, 3.63) is 28.8 Å². The van der Waals surface area contributed by atoms with Crippen LogP contribution in [-0.4, -0.2) is 40.2 Å². The SMILES string of the molecule is CC1CCN(C(=O)c2ccc(Cl)cc2O)C1CO. The second-order valence-corrected chi connectivity index (χ2v) is 5.11. The Morgan fingerprint density at radius 3 is 2.89 bits per heavy atom. The van der Waals surface area contributed by atoms with Crippen molar-refractivity contribution in [2.75, 3.05) is 13.2 Å². The van der Waals surface area contributed by atoms with Gasteiger partial charge in [0, 0.05) is 11.6 Å². The van der Waals surface area contributed by atoms with Crippen LogP contribution in [0.15, 0.2) is 18.2 Å². The quantitative estimate of drug-likeness (QED) is 0.862. The standard InChI is InChI=1S/C13H16ClNO3/c1-8-4-5-15(11(8)7-16)13(18)10-3-2-9(14)6-12(10)17/h2-3,6,8,11,16-17H,4-5,7H2,1H3. The van der Waals surface area contributed by atoms with Crippen LogP contribution in [0.2, 0.25) is 5.02 Å². The molecule has 0 spiro atoms. The molecule has 1 heterocycles. The van der Waals surface area contributed by atoms with Crippen LogP contribution in [0, 0.1) is 5.92 Å². The zero-order valence-corrected chi connectivity index (χ0v) is 10.9. The highest BCUT2D eigenvalue weighted by Gasteiger charge is 2.34. The lowest BCUT2D eigenvalue weighted by Gasteiger charge is -2.25. The number of hydrogen-bond donors (Lipinski definition) is 2. The van der Waals surface area contributed by atoms with Crippen molar-refractivity contribution in [3.8, 4) is 5.75 Å². The number of nitrogens with zero attached hydrogens (tertiary/aromatic N) is 1. The molecule has 0 saturated carbocycles. The summed E-state index contributed by atoms with van der Waals surface area (Å²) in [5.41, 5.74) is 0.229. The maximum absolute atomic E-state index is 12.3. The van der Waals surface area contributed by atoms with Gasteiger partial charge in [-0.3, -0.25) is 4.79 Å². The molecule has 4 nitrogen and oxygen atoms in total. The van der Waals surface area contributed by atoms with E-state index in [1.807, 2.05) is 6.92 Å². The fraction of sp³-hybridized carbons (Fsp3) is 0.462. The van der Waals surface area contributed by atoms with Crippen LogP contribution in [0.25, 0.3) is 0 Å². The number of hydrogen-bond acceptors (Lipinski definition) is 3. The molecule has 0 radical (unpaired) electrons. The summed E-state index contributed by atoms with van der Waals surface area (Å²) in [5, 5.41) is 19.5. The number of likely N-dealkylation sites (tertiary alicyclic amines) is 1. The van der Waals surface area contributed by atoms with Crippen LogP contribution in [0.5, 0.6) is 5.75 Å². The highest BCUT2D eigenvalue weighted by atomic mass is 35.5. The predicted molar refractivity (Wildman–Crippen MR) is 68.8 cm³/mol. The van der Waals surface area contributed by atoms with Crippen molar-refractivity contribution >= 4 is 17.5 Å². The summed E-state index contributed by atoms with van der Waals surface area (Å²) < 4.78 is 0. The number of aromatic hydroxyl groups is 1. The van der Waals surface area contributed by atoms with Gasteiger partial charge in [0.1, 0.15) is 5.75 Å². The van der Waals surface area contributed by atoms with Crippen LogP contribution in [0.3, 0.4) is 0 Å². The second-order valence-electron chi connectivity index (χ2n) is 4.68. The summed E-state index contributed by atoms with van der Waals surface area (Å²) >= 11 is 5.74. The van der Waals surface area contributed by atoms with E-state index in [-0.39, 0.29) is 35.8 Å². The van der Waals surface area contributed by atoms with E-state index in [1.54, 1.807) is 11.0 Å².